The fourth-order valence-electron chi connectivity index (χ4n) is 2.78. The van der Waals surface area contributed by atoms with Gasteiger partial charge in [0.25, 0.3) is 0 Å². The average Bonchev–Trinajstić information content (AvgIpc) is 2.39. The van der Waals surface area contributed by atoms with Gasteiger partial charge in [-0.25, -0.2) is 0 Å². The van der Waals surface area contributed by atoms with E-state index in [1.54, 1.807) is 0 Å². The van der Waals surface area contributed by atoms with Crippen LogP contribution in [0.1, 0.15) is 25.3 Å². The lowest BCUT2D eigenvalue weighted by Gasteiger charge is -2.39. The Morgan fingerprint density at radius 3 is 3.00 bits per heavy atom. The molecule has 1 aliphatic heterocycles. The zero-order chi connectivity index (χ0) is 13.7. The van der Waals surface area contributed by atoms with Crippen molar-refractivity contribution in [2.75, 3.05) is 38.6 Å². The van der Waals surface area contributed by atoms with Crippen LogP contribution >= 0.6 is 0 Å². The van der Waals surface area contributed by atoms with Gasteiger partial charge in [-0.1, -0.05) is 12.1 Å². The molecule has 0 aromatic heterocycles. The SMILES string of the molecule is COC1(C)CCCN(CCNc2cccc(C)c2)C1. The van der Waals surface area contributed by atoms with E-state index in [0.29, 0.717) is 0 Å². The van der Waals surface area contributed by atoms with Crippen LogP contribution in [0.25, 0.3) is 0 Å². The van der Waals surface area contributed by atoms with Gasteiger partial charge in [-0.2, -0.15) is 0 Å². The second-order valence-electron chi connectivity index (χ2n) is 5.83. The van der Waals surface area contributed by atoms with E-state index in [4.69, 9.17) is 4.74 Å². The van der Waals surface area contributed by atoms with Crippen LogP contribution in [-0.2, 0) is 4.74 Å². The minimum atomic E-state index is 0.0432. The summed E-state index contributed by atoms with van der Waals surface area (Å²) in [6.45, 7) is 8.64. The highest BCUT2D eigenvalue weighted by atomic mass is 16.5. The van der Waals surface area contributed by atoms with Gasteiger partial charge in [0.1, 0.15) is 0 Å². The molecule has 2 rings (SSSR count). The normalized spacial score (nSPS) is 24.4. The number of rotatable bonds is 5. The Bertz CT molecular complexity index is 407. The van der Waals surface area contributed by atoms with Gasteiger partial charge in [0.2, 0.25) is 0 Å². The van der Waals surface area contributed by atoms with Crippen LogP contribution in [0, 0.1) is 6.92 Å². The molecule has 106 valence electrons. The average molecular weight is 262 g/mol. The summed E-state index contributed by atoms with van der Waals surface area (Å²) in [5.74, 6) is 0. The number of hydrogen-bond donors (Lipinski definition) is 1. The molecule has 0 spiro atoms. The first-order valence-electron chi connectivity index (χ1n) is 7.19. The first kappa shape index (κ1) is 14.4. The zero-order valence-corrected chi connectivity index (χ0v) is 12.4. The quantitative estimate of drug-likeness (QED) is 0.883. The second kappa shape index (κ2) is 6.40. The van der Waals surface area contributed by atoms with E-state index in [1.807, 2.05) is 7.11 Å². The number of piperidine rings is 1. The van der Waals surface area contributed by atoms with Crippen molar-refractivity contribution >= 4 is 5.69 Å². The molecule has 3 heteroatoms. The molecule has 0 bridgehead atoms. The number of nitrogens with zero attached hydrogens (tertiary/aromatic N) is 1. The molecular formula is C16H26N2O. The third-order valence-corrected chi connectivity index (χ3v) is 4.01. The molecule has 1 saturated heterocycles. The minimum absolute atomic E-state index is 0.0432. The first-order valence-corrected chi connectivity index (χ1v) is 7.19. The molecular weight excluding hydrogens is 236 g/mol. The molecule has 0 amide bonds. The molecule has 1 N–H and O–H groups in total. The summed E-state index contributed by atoms with van der Waals surface area (Å²) in [4.78, 5) is 2.50. The van der Waals surface area contributed by atoms with Crippen molar-refractivity contribution in [3.63, 3.8) is 0 Å². The summed E-state index contributed by atoms with van der Waals surface area (Å²) in [7, 11) is 1.83. The molecule has 1 fully saturated rings. The van der Waals surface area contributed by atoms with E-state index in [2.05, 4.69) is 48.3 Å². The molecule has 1 aliphatic rings. The van der Waals surface area contributed by atoms with Crippen molar-refractivity contribution in [3.05, 3.63) is 29.8 Å². The van der Waals surface area contributed by atoms with Crippen molar-refractivity contribution in [2.45, 2.75) is 32.3 Å². The third-order valence-electron chi connectivity index (χ3n) is 4.01. The number of methoxy groups -OCH3 is 1. The molecule has 1 unspecified atom stereocenters. The highest BCUT2D eigenvalue weighted by Crippen LogP contribution is 2.23. The van der Waals surface area contributed by atoms with Gasteiger partial charge in [-0.3, -0.25) is 4.90 Å². The van der Waals surface area contributed by atoms with Gasteiger partial charge in [0.15, 0.2) is 0 Å². The number of benzene rings is 1. The standard InChI is InChI=1S/C16H26N2O/c1-14-6-4-7-15(12-14)17-9-11-18-10-5-8-16(2,13-18)19-3/h4,6-7,12,17H,5,8-11,13H2,1-3H3. The van der Waals surface area contributed by atoms with Gasteiger partial charge in [0, 0.05) is 32.4 Å². The number of aryl methyl sites for hydroxylation is 1. The minimum Gasteiger partial charge on any atom is -0.384 e. The van der Waals surface area contributed by atoms with Crippen molar-refractivity contribution < 1.29 is 4.74 Å². The molecule has 3 nitrogen and oxygen atoms in total. The predicted molar refractivity (Wildman–Crippen MR) is 80.8 cm³/mol. The predicted octanol–water partition coefficient (Wildman–Crippen LogP) is 2.91. The van der Waals surface area contributed by atoms with Crippen LogP contribution in [0.5, 0.6) is 0 Å². The van der Waals surface area contributed by atoms with Crippen LogP contribution < -0.4 is 5.32 Å². The van der Waals surface area contributed by atoms with Gasteiger partial charge >= 0.3 is 0 Å². The number of nitrogens with one attached hydrogen (secondary N) is 1. The first-order chi connectivity index (χ1) is 9.11. The van der Waals surface area contributed by atoms with Crippen LogP contribution in [0.2, 0.25) is 0 Å². The van der Waals surface area contributed by atoms with E-state index < -0.39 is 0 Å². The summed E-state index contributed by atoms with van der Waals surface area (Å²) in [6.07, 6.45) is 2.40. The topological polar surface area (TPSA) is 24.5 Å². The summed E-state index contributed by atoms with van der Waals surface area (Å²) in [5, 5.41) is 3.50. The lowest BCUT2D eigenvalue weighted by atomic mass is 9.95. The van der Waals surface area contributed by atoms with Crippen LogP contribution in [0.15, 0.2) is 24.3 Å². The number of ether oxygens (including phenoxy) is 1. The summed E-state index contributed by atoms with van der Waals surface area (Å²) >= 11 is 0. The van der Waals surface area contributed by atoms with Crippen LogP contribution in [-0.4, -0.2) is 43.8 Å². The number of likely N-dealkylation sites (tertiary alicyclic amines) is 1. The summed E-state index contributed by atoms with van der Waals surface area (Å²) < 4.78 is 5.63. The monoisotopic (exact) mass is 262 g/mol. The maximum atomic E-state index is 5.63. The van der Waals surface area contributed by atoms with E-state index >= 15 is 0 Å². The molecule has 1 heterocycles. The van der Waals surface area contributed by atoms with Gasteiger partial charge in [-0.05, 0) is 50.9 Å². The Morgan fingerprint density at radius 1 is 1.42 bits per heavy atom. The number of hydrogen-bond acceptors (Lipinski definition) is 3. The second-order valence-corrected chi connectivity index (χ2v) is 5.83. The zero-order valence-electron chi connectivity index (χ0n) is 12.4. The number of anilines is 1. The Kier molecular flexibility index (Phi) is 4.83. The maximum absolute atomic E-state index is 5.63. The third kappa shape index (κ3) is 4.22. The highest BCUT2D eigenvalue weighted by Gasteiger charge is 2.30. The van der Waals surface area contributed by atoms with E-state index in [-0.39, 0.29) is 5.60 Å². The van der Waals surface area contributed by atoms with Crippen molar-refractivity contribution in [1.29, 1.82) is 0 Å². The molecule has 0 aliphatic carbocycles. The molecule has 1 aromatic rings. The summed E-state index contributed by atoms with van der Waals surface area (Å²) in [5.41, 5.74) is 2.56. The van der Waals surface area contributed by atoms with Crippen molar-refractivity contribution in [2.24, 2.45) is 0 Å². The van der Waals surface area contributed by atoms with E-state index in [9.17, 15) is 0 Å². The van der Waals surface area contributed by atoms with Gasteiger partial charge in [0.05, 0.1) is 5.60 Å². The Labute approximate surface area is 116 Å². The van der Waals surface area contributed by atoms with E-state index in [1.165, 1.54) is 30.6 Å². The maximum Gasteiger partial charge on any atom is 0.0777 e. The van der Waals surface area contributed by atoms with Crippen molar-refractivity contribution in [1.82, 2.24) is 4.90 Å². The molecule has 0 radical (unpaired) electrons. The van der Waals surface area contributed by atoms with Crippen LogP contribution in [0.3, 0.4) is 0 Å². The molecule has 1 aromatic carbocycles. The van der Waals surface area contributed by atoms with Gasteiger partial charge < -0.3 is 10.1 Å². The molecule has 0 saturated carbocycles. The Balaban J connectivity index is 1.76. The Hall–Kier alpha value is -1.06. The fourth-order valence-corrected chi connectivity index (χ4v) is 2.78. The van der Waals surface area contributed by atoms with Crippen LogP contribution in [0.4, 0.5) is 5.69 Å². The van der Waals surface area contributed by atoms with Gasteiger partial charge in [-0.15, -0.1) is 0 Å². The smallest absolute Gasteiger partial charge is 0.0777 e. The highest BCUT2D eigenvalue weighted by molar-refractivity contribution is 5.45. The molecule has 19 heavy (non-hydrogen) atoms. The van der Waals surface area contributed by atoms with Crippen molar-refractivity contribution in [3.8, 4) is 0 Å². The largest absolute Gasteiger partial charge is 0.384 e. The summed E-state index contributed by atoms with van der Waals surface area (Å²) in [6, 6.07) is 8.54. The molecule has 1 atom stereocenters. The lowest BCUT2D eigenvalue weighted by Crippen LogP contribution is -2.48. The lowest BCUT2D eigenvalue weighted by molar-refractivity contribution is -0.0496. The fraction of sp³-hybridized carbons (Fsp3) is 0.625. The Morgan fingerprint density at radius 2 is 2.26 bits per heavy atom. The van der Waals surface area contributed by atoms with E-state index in [0.717, 1.165) is 19.6 Å².